The number of hydrogen-bond acceptors (Lipinski definition) is 8. The van der Waals surface area contributed by atoms with Crippen LogP contribution in [0, 0.1) is 0 Å². The molecule has 4 rings (SSSR count). The number of anilines is 2. The molecule has 188 valence electrons. The normalized spacial score (nSPS) is 20.3. The minimum absolute atomic E-state index is 0.0797. The predicted molar refractivity (Wildman–Crippen MR) is 138 cm³/mol. The Morgan fingerprint density at radius 2 is 2.03 bits per heavy atom. The number of aliphatic hydroxyl groups is 1. The lowest BCUT2D eigenvalue weighted by Gasteiger charge is -2.19. The molecule has 2 amide bonds. The highest BCUT2D eigenvalue weighted by atomic mass is 32.2. The van der Waals surface area contributed by atoms with E-state index < -0.39 is 12.3 Å². The van der Waals surface area contributed by atoms with E-state index in [-0.39, 0.29) is 17.6 Å². The highest BCUT2D eigenvalue weighted by molar-refractivity contribution is 7.99. The second kappa shape index (κ2) is 10.8. The number of rotatable bonds is 8. The van der Waals surface area contributed by atoms with Crippen LogP contribution < -0.4 is 16.4 Å². The Morgan fingerprint density at radius 1 is 1.26 bits per heavy atom. The van der Waals surface area contributed by atoms with Crippen LogP contribution in [-0.2, 0) is 10.2 Å². The van der Waals surface area contributed by atoms with Gasteiger partial charge in [0.1, 0.15) is 17.9 Å². The summed E-state index contributed by atoms with van der Waals surface area (Å²) in [6, 6.07) is 7.72. The Balaban J connectivity index is 1.14. The maximum Gasteiger partial charge on any atom is 0.319 e. The van der Waals surface area contributed by atoms with Gasteiger partial charge in [-0.3, -0.25) is 4.57 Å². The van der Waals surface area contributed by atoms with E-state index in [0.717, 1.165) is 23.6 Å². The lowest BCUT2D eigenvalue weighted by Crippen LogP contribution is -2.29. The maximum absolute atomic E-state index is 12.1. The Bertz CT molecular complexity index is 1150. The molecule has 35 heavy (non-hydrogen) atoms. The highest BCUT2D eigenvalue weighted by Gasteiger charge is 2.36. The van der Waals surface area contributed by atoms with Crippen molar-refractivity contribution in [2.75, 3.05) is 29.1 Å². The summed E-state index contributed by atoms with van der Waals surface area (Å²) in [5.41, 5.74) is 8.97. The standard InChI is InChI=1S/C24H33N7O3S/c1-24(2,3)15-5-7-16(8-6-15)30-23(33)26-9-4-10-35-12-17-11-18(32)22(34-17)31-14-29-19-20(25)27-13-28-21(19)31/h5-8,13-14,17-18,22,32H,4,9-12H2,1-3H3,(H2,25,27,28)(H2,26,30,33)/t17-,18+,22?/m0/s1. The molecule has 11 heteroatoms. The fourth-order valence-corrected chi connectivity index (χ4v) is 4.96. The van der Waals surface area contributed by atoms with Crippen molar-refractivity contribution in [1.29, 1.82) is 0 Å². The predicted octanol–water partition coefficient (Wildman–Crippen LogP) is 3.30. The molecule has 0 bridgehead atoms. The van der Waals surface area contributed by atoms with Crippen LogP contribution >= 0.6 is 11.8 Å². The molecule has 1 aliphatic rings. The first-order valence-corrected chi connectivity index (χ1v) is 12.9. The zero-order chi connectivity index (χ0) is 25.0. The van der Waals surface area contributed by atoms with Crippen molar-refractivity contribution >= 4 is 40.5 Å². The minimum atomic E-state index is -0.656. The van der Waals surface area contributed by atoms with Gasteiger partial charge in [0.05, 0.1) is 12.4 Å². The number of ether oxygens (including phenoxy) is 1. The first-order valence-electron chi connectivity index (χ1n) is 11.7. The third kappa shape index (κ3) is 6.22. The molecule has 0 saturated carbocycles. The number of nitrogens with two attached hydrogens (primary N) is 1. The van der Waals surface area contributed by atoms with E-state index in [1.807, 2.05) is 24.3 Å². The van der Waals surface area contributed by atoms with Crippen molar-refractivity contribution in [3.63, 3.8) is 0 Å². The van der Waals surface area contributed by atoms with Crippen molar-refractivity contribution in [3.8, 4) is 0 Å². The topological polar surface area (TPSA) is 140 Å². The number of imidazole rings is 1. The van der Waals surface area contributed by atoms with E-state index in [9.17, 15) is 9.90 Å². The van der Waals surface area contributed by atoms with Gasteiger partial charge in [0.15, 0.2) is 17.7 Å². The van der Waals surface area contributed by atoms with E-state index in [1.54, 1.807) is 22.7 Å². The number of urea groups is 1. The van der Waals surface area contributed by atoms with Crippen LogP contribution in [0.3, 0.4) is 0 Å². The summed E-state index contributed by atoms with van der Waals surface area (Å²) in [5, 5.41) is 16.3. The van der Waals surface area contributed by atoms with E-state index in [1.165, 1.54) is 11.9 Å². The second-order valence-corrected chi connectivity index (χ2v) is 10.8. The van der Waals surface area contributed by atoms with Gasteiger partial charge < -0.3 is 26.2 Å². The summed E-state index contributed by atoms with van der Waals surface area (Å²) in [4.78, 5) is 24.6. The summed E-state index contributed by atoms with van der Waals surface area (Å²) < 4.78 is 7.79. The first kappa shape index (κ1) is 25.2. The number of hydrogen-bond donors (Lipinski definition) is 4. The van der Waals surface area contributed by atoms with Gasteiger partial charge in [-0.25, -0.2) is 19.7 Å². The molecular weight excluding hydrogens is 466 g/mol. The Morgan fingerprint density at radius 3 is 2.77 bits per heavy atom. The minimum Gasteiger partial charge on any atom is -0.388 e. The molecule has 5 N–H and O–H groups in total. The van der Waals surface area contributed by atoms with Gasteiger partial charge in [-0.1, -0.05) is 32.9 Å². The number of fused-ring (bicyclic) bond motifs is 1. The van der Waals surface area contributed by atoms with E-state index in [2.05, 4.69) is 46.4 Å². The molecule has 1 unspecified atom stereocenters. The quantitative estimate of drug-likeness (QED) is 0.346. The molecule has 0 radical (unpaired) electrons. The van der Waals surface area contributed by atoms with Crippen molar-refractivity contribution in [3.05, 3.63) is 42.5 Å². The molecule has 1 aromatic carbocycles. The number of carbonyl (C=O) groups is 1. The summed E-state index contributed by atoms with van der Waals surface area (Å²) in [7, 11) is 0. The van der Waals surface area contributed by atoms with Gasteiger partial charge >= 0.3 is 6.03 Å². The van der Waals surface area contributed by atoms with Crippen LogP contribution in [-0.4, -0.2) is 60.9 Å². The molecule has 3 heterocycles. The monoisotopic (exact) mass is 499 g/mol. The Labute approximate surface area is 209 Å². The summed E-state index contributed by atoms with van der Waals surface area (Å²) in [5.74, 6) is 1.93. The Hall–Kier alpha value is -2.89. The zero-order valence-electron chi connectivity index (χ0n) is 20.3. The number of aliphatic hydroxyl groups excluding tert-OH is 1. The van der Waals surface area contributed by atoms with Crippen LogP contribution in [0.5, 0.6) is 0 Å². The van der Waals surface area contributed by atoms with Gasteiger partial charge in [0, 0.05) is 24.4 Å². The molecule has 10 nitrogen and oxygen atoms in total. The van der Waals surface area contributed by atoms with Crippen molar-refractivity contribution in [2.24, 2.45) is 0 Å². The molecular formula is C24H33N7O3S. The molecule has 0 spiro atoms. The SMILES string of the molecule is CC(C)(C)c1ccc(NC(=O)NCCCSC[C@@H]2C[C@@H](O)C(n3cnc4c(N)ncnc43)O2)cc1. The van der Waals surface area contributed by atoms with Gasteiger partial charge in [-0.05, 0) is 35.3 Å². The average molecular weight is 500 g/mol. The number of benzene rings is 1. The van der Waals surface area contributed by atoms with E-state index in [0.29, 0.717) is 29.9 Å². The van der Waals surface area contributed by atoms with Crippen molar-refractivity contribution < 1.29 is 14.6 Å². The summed E-state index contributed by atoms with van der Waals surface area (Å²) in [6.45, 7) is 7.06. The maximum atomic E-state index is 12.1. The number of thioether (sulfide) groups is 1. The number of nitrogens with zero attached hydrogens (tertiary/aromatic N) is 4. The molecule has 2 aromatic heterocycles. The van der Waals surface area contributed by atoms with Crippen LogP contribution in [0.4, 0.5) is 16.3 Å². The second-order valence-electron chi connectivity index (χ2n) is 9.67. The fourth-order valence-electron chi connectivity index (χ4n) is 3.96. The molecule has 3 aromatic rings. The van der Waals surface area contributed by atoms with Gasteiger partial charge in [0.2, 0.25) is 0 Å². The Kier molecular flexibility index (Phi) is 7.78. The smallest absolute Gasteiger partial charge is 0.319 e. The number of nitrogens with one attached hydrogen (secondary N) is 2. The zero-order valence-corrected chi connectivity index (χ0v) is 21.1. The number of amides is 2. The third-order valence-electron chi connectivity index (χ3n) is 5.89. The van der Waals surface area contributed by atoms with Crippen LogP contribution in [0.1, 0.15) is 45.4 Å². The number of carbonyl (C=O) groups excluding carboxylic acids is 1. The van der Waals surface area contributed by atoms with Crippen LogP contribution in [0.25, 0.3) is 11.2 Å². The molecule has 0 aliphatic carbocycles. The van der Waals surface area contributed by atoms with E-state index >= 15 is 0 Å². The summed E-state index contributed by atoms with van der Waals surface area (Å²) in [6.07, 6.45) is 3.04. The first-order chi connectivity index (χ1) is 16.7. The van der Waals surface area contributed by atoms with E-state index in [4.69, 9.17) is 10.5 Å². The fraction of sp³-hybridized carbons (Fsp3) is 0.500. The molecule has 1 saturated heterocycles. The lowest BCUT2D eigenvalue weighted by atomic mass is 9.87. The van der Waals surface area contributed by atoms with Crippen molar-refractivity contribution in [1.82, 2.24) is 24.8 Å². The van der Waals surface area contributed by atoms with Gasteiger partial charge in [-0.2, -0.15) is 11.8 Å². The molecule has 1 fully saturated rings. The van der Waals surface area contributed by atoms with Crippen LogP contribution in [0.2, 0.25) is 0 Å². The molecule has 3 atom stereocenters. The third-order valence-corrected chi connectivity index (χ3v) is 7.08. The van der Waals surface area contributed by atoms with Gasteiger partial charge in [0.25, 0.3) is 0 Å². The summed E-state index contributed by atoms with van der Waals surface area (Å²) >= 11 is 1.74. The number of aromatic nitrogens is 4. The molecule has 1 aliphatic heterocycles. The van der Waals surface area contributed by atoms with Crippen molar-refractivity contribution in [2.45, 2.75) is 57.5 Å². The average Bonchev–Trinajstić information content (AvgIpc) is 3.39. The lowest BCUT2D eigenvalue weighted by molar-refractivity contribution is -0.0285. The highest BCUT2D eigenvalue weighted by Crippen LogP contribution is 2.33. The largest absolute Gasteiger partial charge is 0.388 e. The van der Waals surface area contributed by atoms with Gasteiger partial charge in [-0.15, -0.1) is 0 Å². The van der Waals surface area contributed by atoms with Crippen LogP contribution in [0.15, 0.2) is 36.9 Å². The number of nitrogen functional groups attached to an aromatic ring is 1.